The van der Waals surface area contributed by atoms with E-state index < -0.39 is 5.60 Å². The highest BCUT2D eigenvalue weighted by Crippen LogP contribution is 2.59. The Kier molecular flexibility index (Phi) is 7.11. The summed E-state index contributed by atoms with van der Waals surface area (Å²) in [6, 6.07) is 24.5. The van der Waals surface area contributed by atoms with E-state index in [1.807, 2.05) is 41.3 Å². The van der Waals surface area contributed by atoms with Crippen molar-refractivity contribution in [2.75, 3.05) is 18.6 Å². The molecule has 194 valence electrons. The predicted molar refractivity (Wildman–Crippen MR) is 154 cm³/mol. The Labute approximate surface area is 232 Å². The summed E-state index contributed by atoms with van der Waals surface area (Å²) in [4.78, 5) is 16.3. The molecule has 5 nitrogen and oxygen atoms in total. The Balaban J connectivity index is 1.57. The second-order valence-electron chi connectivity index (χ2n) is 10.7. The van der Waals surface area contributed by atoms with Gasteiger partial charge < -0.3 is 19.5 Å². The van der Waals surface area contributed by atoms with Crippen LogP contribution in [-0.4, -0.2) is 30.8 Å². The lowest BCUT2D eigenvalue weighted by molar-refractivity contribution is -0.146. The number of carbonyl (C=O) groups is 1. The highest BCUT2D eigenvalue weighted by molar-refractivity contribution is 14.1. The summed E-state index contributed by atoms with van der Waals surface area (Å²) in [5.41, 5.74) is 2.66. The molecule has 3 aromatic rings. The molecule has 1 N–H and O–H groups in total. The van der Waals surface area contributed by atoms with E-state index in [1.54, 1.807) is 7.11 Å². The molecular weight excluding hydrogens is 577 g/mol. The average molecular weight is 612 g/mol. The van der Waals surface area contributed by atoms with Gasteiger partial charge in [-0.3, -0.25) is 4.79 Å². The lowest BCUT2D eigenvalue weighted by atomic mass is 9.63. The fraction of sp³-hybridized carbons (Fsp3) is 0.387. The molecule has 1 saturated heterocycles. The molecule has 0 saturated carbocycles. The first-order valence-electron chi connectivity index (χ1n) is 12.8. The maximum absolute atomic E-state index is 14.4. The Morgan fingerprint density at radius 2 is 1.73 bits per heavy atom. The Bertz CT molecular complexity index is 1270. The number of anilines is 1. The smallest absolute Gasteiger partial charge is 0.264 e. The molecule has 0 unspecified atom stereocenters. The number of aliphatic hydroxyl groups is 1. The zero-order valence-electron chi connectivity index (χ0n) is 21.8. The number of hydrogen-bond acceptors (Lipinski definition) is 4. The molecular formula is C31H34INO4. The standard InChI is InChI=1S/C31H34INO4/c1-20-28(30(2,3)22-11-15-24(36-4)16-12-22)27(17-18-34)37-31(20)25-7-5-6-8-26(25)33(29(31)35)19-21-9-13-23(32)14-10-21/h5-16,20,27-28,34H,17-19H2,1-4H3/t20-,27+,28-,31+/m0/s1. The topological polar surface area (TPSA) is 59.0 Å². The van der Waals surface area contributed by atoms with Crippen molar-refractivity contribution >= 4 is 34.2 Å². The Hall–Kier alpha value is -2.42. The largest absolute Gasteiger partial charge is 0.497 e. The molecule has 1 spiro atoms. The third kappa shape index (κ3) is 4.27. The summed E-state index contributed by atoms with van der Waals surface area (Å²) in [7, 11) is 1.67. The van der Waals surface area contributed by atoms with E-state index in [2.05, 4.69) is 79.8 Å². The maximum atomic E-state index is 14.4. The number of amides is 1. The van der Waals surface area contributed by atoms with Crippen LogP contribution >= 0.6 is 22.6 Å². The van der Waals surface area contributed by atoms with Crippen LogP contribution in [0.2, 0.25) is 0 Å². The van der Waals surface area contributed by atoms with Crippen LogP contribution in [0.5, 0.6) is 5.75 Å². The van der Waals surface area contributed by atoms with Crippen LogP contribution in [0, 0.1) is 15.4 Å². The number of hydrogen-bond donors (Lipinski definition) is 1. The highest BCUT2D eigenvalue weighted by atomic mass is 127. The lowest BCUT2D eigenvalue weighted by Crippen LogP contribution is -2.45. The van der Waals surface area contributed by atoms with E-state index in [9.17, 15) is 9.90 Å². The van der Waals surface area contributed by atoms with Crippen LogP contribution in [0.3, 0.4) is 0 Å². The summed E-state index contributed by atoms with van der Waals surface area (Å²) >= 11 is 2.29. The van der Waals surface area contributed by atoms with E-state index in [1.165, 1.54) is 0 Å². The number of benzene rings is 3. The summed E-state index contributed by atoms with van der Waals surface area (Å²) in [6.07, 6.45) is 0.204. The van der Waals surface area contributed by atoms with Crippen LogP contribution in [0.25, 0.3) is 0 Å². The van der Waals surface area contributed by atoms with Gasteiger partial charge in [-0.25, -0.2) is 0 Å². The van der Waals surface area contributed by atoms with Crippen LogP contribution < -0.4 is 9.64 Å². The van der Waals surface area contributed by atoms with Gasteiger partial charge in [0.05, 0.1) is 25.4 Å². The van der Waals surface area contributed by atoms with Crippen molar-refractivity contribution < 1.29 is 19.4 Å². The minimum Gasteiger partial charge on any atom is -0.497 e. The number of rotatable bonds is 7. The molecule has 1 fully saturated rings. The molecule has 2 aliphatic rings. The predicted octanol–water partition coefficient (Wildman–Crippen LogP) is 6.05. The fourth-order valence-corrected chi connectivity index (χ4v) is 6.95. The highest BCUT2D eigenvalue weighted by Gasteiger charge is 2.65. The van der Waals surface area contributed by atoms with Crippen molar-refractivity contribution in [2.45, 2.75) is 50.9 Å². The SMILES string of the molecule is COc1ccc(C(C)(C)[C@@H]2[C@@H](CCO)O[C@]3(C(=O)N(Cc4ccc(I)cc4)c4ccccc43)[C@H]2C)cc1. The Morgan fingerprint density at radius 1 is 1.05 bits per heavy atom. The zero-order valence-corrected chi connectivity index (χ0v) is 23.9. The average Bonchev–Trinajstić information content (AvgIpc) is 3.33. The summed E-state index contributed by atoms with van der Waals surface area (Å²) in [6.45, 7) is 7.08. The molecule has 5 rings (SSSR count). The monoisotopic (exact) mass is 611 g/mol. The van der Waals surface area contributed by atoms with Crippen molar-refractivity contribution in [2.24, 2.45) is 11.8 Å². The van der Waals surface area contributed by atoms with Crippen molar-refractivity contribution in [3.63, 3.8) is 0 Å². The molecule has 1 amide bonds. The van der Waals surface area contributed by atoms with E-state index in [0.717, 1.165) is 31.7 Å². The molecule has 37 heavy (non-hydrogen) atoms. The van der Waals surface area contributed by atoms with Gasteiger partial charge in [-0.05, 0) is 75.9 Å². The molecule has 2 heterocycles. The van der Waals surface area contributed by atoms with Gasteiger partial charge in [0.2, 0.25) is 0 Å². The third-order valence-corrected chi connectivity index (χ3v) is 9.13. The van der Waals surface area contributed by atoms with Crippen molar-refractivity contribution in [1.29, 1.82) is 0 Å². The van der Waals surface area contributed by atoms with Crippen molar-refractivity contribution in [3.8, 4) is 5.75 Å². The molecule has 4 atom stereocenters. The van der Waals surface area contributed by atoms with Gasteiger partial charge in [0.25, 0.3) is 5.91 Å². The normalized spacial score (nSPS) is 25.1. The number of fused-ring (bicyclic) bond motifs is 2. The molecule has 0 aromatic heterocycles. The van der Waals surface area contributed by atoms with Gasteiger partial charge in [0.15, 0.2) is 5.60 Å². The Morgan fingerprint density at radius 3 is 2.38 bits per heavy atom. The van der Waals surface area contributed by atoms with Gasteiger partial charge in [0, 0.05) is 27.6 Å². The number of carbonyl (C=O) groups excluding carboxylic acids is 1. The zero-order chi connectivity index (χ0) is 26.4. The van der Waals surface area contributed by atoms with Crippen molar-refractivity contribution in [1.82, 2.24) is 0 Å². The second kappa shape index (κ2) is 10.0. The van der Waals surface area contributed by atoms with E-state index in [-0.39, 0.29) is 35.9 Å². The van der Waals surface area contributed by atoms with E-state index in [4.69, 9.17) is 9.47 Å². The van der Waals surface area contributed by atoms with Gasteiger partial charge in [-0.15, -0.1) is 0 Å². The number of ether oxygens (including phenoxy) is 2. The summed E-state index contributed by atoms with van der Waals surface area (Å²) < 4.78 is 13.4. The van der Waals surface area contributed by atoms with Gasteiger partial charge in [-0.2, -0.15) is 0 Å². The number of methoxy groups -OCH3 is 1. The number of halogens is 1. The number of para-hydroxylation sites is 1. The minimum atomic E-state index is -1.09. The molecule has 0 aliphatic carbocycles. The van der Waals surface area contributed by atoms with Crippen LogP contribution in [0.1, 0.15) is 43.9 Å². The van der Waals surface area contributed by atoms with Crippen LogP contribution in [0.4, 0.5) is 5.69 Å². The molecule has 2 aliphatic heterocycles. The fourth-order valence-electron chi connectivity index (χ4n) is 6.59. The maximum Gasteiger partial charge on any atom is 0.264 e. The van der Waals surface area contributed by atoms with Gasteiger partial charge >= 0.3 is 0 Å². The number of nitrogens with zero attached hydrogens (tertiary/aromatic N) is 1. The van der Waals surface area contributed by atoms with Crippen LogP contribution in [-0.2, 0) is 27.1 Å². The molecule has 0 bridgehead atoms. The molecule has 6 heteroatoms. The molecule has 0 radical (unpaired) electrons. The first-order valence-corrected chi connectivity index (χ1v) is 13.9. The van der Waals surface area contributed by atoms with Crippen LogP contribution in [0.15, 0.2) is 72.8 Å². The minimum absolute atomic E-state index is 0.00306. The summed E-state index contributed by atoms with van der Waals surface area (Å²) in [5.74, 6) is 0.681. The van der Waals surface area contributed by atoms with Gasteiger partial charge in [0.1, 0.15) is 5.75 Å². The van der Waals surface area contributed by atoms with Gasteiger partial charge in [-0.1, -0.05) is 63.2 Å². The summed E-state index contributed by atoms with van der Waals surface area (Å²) in [5, 5.41) is 10.0. The van der Waals surface area contributed by atoms with Crippen molar-refractivity contribution in [3.05, 3.63) is 93.1 Å². The second-order valence-corrected chi connectivity index (χ2v) is 11.9. The van der Waals surface area contributed by atoms with E-state index >= 15 is 0 Å². The first-order chi connectivity index (χ1) is 17.7. The molecule has 3 aromatic carbocycles. The lowest BCUT2D eigenvalue weighted by Gasteiger charge is -2.38. The first kappa shape index (κ1) is 26.2. The van der Waals surface area contributed by atoms with E-state index in [0.29, 0.717) is 13.0 Å². The third-order valence-electron chi connectivity index (χ3n) is 8.41. The number of aliphatic hydroxyl groups excluding tert-OH is 1. The quantitative estimate of drug-likeness (QED) is 0.331.